The molecule has 1 N–H and O–H groups in total. The largest absolute Gasteiger partial charge is 0.491 e. The Bertz CT molecular complexity index is 603. The second kappa shape index (κ2) is 8.10. The van der Waals surface area contributed by atoms with E-state index >= 15 is 0 Å². The maximum absolute atomic E-state index is 11.2. The Morgan fingerprint density at radius 2 is 2.25 bits per heavy atom. The zero-order valence-electron chi connectivity index (χ0n) is 14.4. The molecule has 24 heavy (non-hydrogen) atoms. The van der Waals surface area contributed by atoms with Gasteiger partial charge in [-0.15, -0.1) is 0 Å². The van der Waals surface area contributed by atoms with Gasteiger partial charge in [-0.05, 0) is 39.3 Å². The van der Waals surface area contributed by atoms with Crippen LogP contribution in [0.15, 0.2) is 18.2 Å². The molecule has 0 unspecified atom stereocenters. The summed E-state index contributed by atoms with van der Waals surface area (Å²) in [7, 11) is 0. The van der Waals surface area contributed by atoms with Crippen LogP contribution in [0.5, 0.6) is 5.75 Å². The Balaban J connectivity index is 2.15. The first kappa shape index (κ1) is 18.2. The zero-order valence-corrected chi connectivity index (χ0v) is 14.4. The van der Waals surface area contributed by atoms with Crippen LogP contribution in [0.3, 0.4) is 0 Å². The van der Waals surface area contributed by atoms with Gasteiger partial charge in [0.2, 0.25) is 5.91 Å². The fraction of sp³-hybridized carbons (Fsp3) is 0.588. The van der Waals surface area contributed by atoms with Gasteiger partial charge in [0, 0.05) is 43.8 Å². The van der Waals surface area contributed by atoms with Gasteiger partial charge in [0.1, 0.15) is 5.75 Å². The van der Waals surface area contributed by atoms with E-state index in [1.54, 1.807) is 12.1 Å². The van der Waals surface area contributed by atoms with E-state index in [4.69, 9.17) is 4.74 Å². The summed E-state index contributed by atoms with van der Waals surface area (Å²) in [6.45, 7) is 7.59. The molecule has 1 aliphatic heterocycles. The quantitative estimate of drug-likeness (QED) is 0.638. The van der Waals surface area contributed by atoms with Gasteiger partial charge in [-0.2, -0.15) is 0 Å². The molecule has 0 saturated carbocycles. The van der Waals surface area contributed by atoms with E-state index in [1.807, 2.05) is 13.8 Å². The van der Waals surface area contributed by atoms with Crippen LogP contribution in [-0.2, 0) is 11.3 Å². The summed E-state index contributed by atoms with van der Waals surface area (Å²) < 4.78 is 5.79. The molecule has 2 rings (SSSR count). The molecule has 1 atom stereocenters. The summed E-state index contributed by atoms with van der Waals surface area (Å²) in [6.07, 6.45) is 1.94. The molecule has 1 amide bonds. The molecule has 1 fully saturated rings. The van der Waals surface area contributed by atoms with E-state index in [0.29, 0.717) is 12.3 Å². The van der Waals surface area contributed by atoms with E-state index in [2.05, 4.69) is 10.2 Å². The number of hydrogen-bond acceptors (Lipinski definition) is 5. The maximum Gasteiger partial charge on any atom is 0.270 e. The number of carbonyl (C=O) groups is 1. The lowest BCUT2D eigenvalue weighted by molar-refractivity contribution is -0.385. The Labute approximate surface area is 142 Å². The average Bonchev–Trinajstić information content (AvgIpc) is 2.48. The summed E-state index contributed by atoms with van der Waals surface area (Å²) in [5.41, 5.74) is 0.873. The number of rotatable bonds is 6. The number of likely N-dealkylation sites (tertiary alicyclic amines) is 1. The van der Waals surface area contributed by atoms with Crippen molar-refractivity contribution in [2.75, 3.05) is 13.1 Å². The van der Waals surface area contributed by atoms with Crippen LogP contribution in [0, 0.1) is 10.1 Å². The smallest absolute Gasteiger partial charge is 0.270 e. The van der Waals surface area contributed by atoms with Gasteiger partial charge in [-0.25, -0.2) is 0 Å². The van der Waals surface area contributed by atoms with Crippen molar-refractivity contribution in [1.29, 1.82) is 0 Å². The second-order valence-corrected chi connectivity index (χ2v) is 6.49. The predicted molar refractivity (Wildman–Crippen MR) is 91.0 cm³/mol. The first-order chi connectivity index (χ1) is 11.3. The van der Waals surface area contributed by atoms with Gasteiger partial charge >= 0.3 is 0 Å². The van der Waals surface area contributed by atoms with Crippen molar-refractivity contribution >= 4 is 11.6 Å². The van der Waals surface area contributed by atoms with Gasteiger partial charge in [0.15, 0.2) is 0 Å². The number of piperidine rings is 1. The minimum Gasteiger partial charge on any atom is -0.491 e. The lowest BCUT2D eigenvalue weighted by Crippen LogP contribution is -2.46. The van der Waals surface area contributed by atoms with E-state index in [1.165, 1.54) is 13.0 Å². The van der Waals surface area contributed by atoms with Crippen LogP contribution in [-0.4, -0.2) is 41.0 Å². The minimum absolute atomic E-state index is 0.00121. The number of non-ortho nitro benzene ring substituents is 1. The van der Waals surface area contributed by atoms with Gasteiger partial charge in [0.05, 0.1) is 11.0 Å². The first-order valence-electron chi connectivity index (χ1n) is 8.28. The fourth-order valence-electron chi connectivity index (χ4n) is 3.02. The van der Waals surface area contributed by atoms with Gasteiger partial charge in [-0.1, -0.05) is 0 Å². The molecular weight excluding hydrogens is 310 g/mol. The summed E-state index contributed by atoms with van der Waals surface area (Å²) in [4.78, 5) is 24.1. The zero-order chi connectivity index (χ0) is 17.7. The van der Waals surface area contributed by atoms with Gasteiger partial charge in [-0.3, -0.25) is 19.8 Å². The molecule has 1 saturated heterocycles. The van der Waals surface area contributed by atoms with E-state index in [-0.39, 0.29) is 28.7 Å². The van der Waals surface area contributed by atoms with Crippen molar-refractivity contribution in [1.82, 2.24) is 10.2 Å². The molecule has 0 spiro atoms. The molecule has 7 nitrogen and oxygen atoms in total. The van der Waals surface area contributed by atoms with Gasteiger partial charge in [0.25, 0.3) is 5.69 Å². The minimum atomic E-state index is -0.390. The Morgan fingerprint density at radius 3 is 2.88 bits per heavy atom. The molecule has 132 valence electrons. The molecule has 0 radical (unpaired) electrons. The Morgan fingerprint density at radius 1 is 1.50 bits per heavy atom. The van der Waals surface area contributed by atoms with Crippen molar-refractivity contribution < 1.29 is 14.5 Å². The highest BCUT2D eigenvalue weighted by Crippen LogP contribution is 2.27. The van der Waals surface area contributed by atoms with Crippen LogP contribution in [0.4, 0.5) is 5.69 Å². The van der Waals surface area contributed by atoms with Crippen molar-refractivity contribution in [3.63, 3.8) is 0 Å². The molecule has 1 aromatic carbocycles. The van der Waals surface area contributed by atoms with Crippen molar-refractivity contribution in [2.45, 2.75) is 52.3 Å². The lowest BCUT2D eigenvalue weighted by atomic mass is 10.0. The van der Waals surface area contributed by atoms with Crippen LogP contribution in [0.25, 0.3) is 0 Å². The summed E-state index contributed by atoms with van der Waals surface area (Å²) in [5, 5.41) is 14.0. The number of nitro benzene ring substituents is 1. The second-order valence-electron chi connectivity index (χ2n) is 6.49. The Hall–Kier alpha value is -2.15. The van der Waals surface area contributed by atoms with Crippen molar-refractivity contribution in [3.8, 4) is 5.75 Å². The number of amides is 1. The third kappa shape index (κ3) is 5.19. The number of nitrogens with one attached hydrogen (secondary N) is 1. The summed E-state index contributed by atoms with van der Waals surface area (Å²) >= 11 is 0. The third-order valence-corrected chi connectivity index (χ3v) is 3.92. The predicted octanol–water partition coefficient (Wildman–Crippen LogP) is 2.48. The highest BCUT2D eigenvalue weighted by Gasteiger charge is 2.22. The van der Waals surface area contributed by atoms with Crippen LogP contribution >= 0.6 is 0 Å². The Kier molecular flexibility index (Phi) is 6.14. The molecule has 1 aromatic rings. The average molecular weight is 335 g/mol. The molecule has 0 aliphatic carbocycles. The van der Waals surface area contributed by atoms with Gasteiger partial charge < -0.3 is 10.1 Å². The van der Waals surface area contributed by atoms with E-state index < -0.39 is 0 Å². The molecule has 0 aromatic heterocycles. The van der Waals surface area contributed by atoms with E-state index in [9.17, 15) is 14.9 Å². The monoisotopic (exact) mass is 335 g/mol. The SMILES string of the molecule is CC(=O)N[C@@H]1CCCN(Cc2cc([N+](=O)[O-])ccc2OC(C)C)C1. The number of hydrogen-bond donors (Lipinski definition) is 1. The number of nitrogens with zero attached hydrogens (tertiary/aromatic N) is 2. The normalized spacial score (nSPS) is 18.4. The molecule has 1 aliphatic rings. The number of ether oxygens (including phenoxy) is 1. The highest BCUT2D eigenvalue weighted by molar-refractivity contribution is 5.73. The topological polar surface area (TPSA) is 84.7 Å². The van der Waals surface area contributed by atoms with Crippen LogP contribution in [0.1, 0.15) is 39.2 Å². The third-order valence-electron chi connectivity index (χ3n) is 3.92. The standard InChI is InChI=1S/C17H25N3O4/c1-12(2)24-17-7-6-16(20(22)23)9-14(17)10-19-8-4-5-15(11-19)18-13(3)21/h6-7,9,12,15H,4-5,8,10-11H2,1-3H3,(H,18,21)/t15-/m1/s1. The molecule has 1 heterocycles. The van der Waals surface area contributed by atoms with Crippen LogP contribution < -0.4 is 10.1 Å². The maximum atomic E-state index is 11.2. The number of nitro groups is 1. The van der Waals surface area contributed by atoms with Crippen molar-refractivity contribution in [2.24, 2.45) is 0 Å². The number of benzene rings is 1. The van der Waals surface area contributed by atoms with Crippen molar-refractivity contribution in [3.05, 3.63) is 33.9 Å². The molecule has 0 bridgehead atoms. The fourth-order valence-corrected chi connectivity index (χ4v) is 3.02. The summed E-state index contributed by atoms with van der Waals surface area (Å²) in [6, 6.07) is 4.85. The molecule has 7 heteroatoms. The summed E-state index contributed by atoms with van der Waals surface area (Å²) in [5.74, 6) is 0.651. The molecular formula is C17H25N3O4. The van der Waals surface area contributed by atoms with Crippen LogP contribution in [0.2, 0.25) is 0 Å². The number of carbonyl (C=O) groups excluding carboxylic acids is 1. The highest BCUT2D eigenvalue weighted by atomic mass is 16.6. The first-order valence-corrected chi connectivity index (χ1v) is 8.28. The lowest BCUT2D eigenvalue weighted by Gasteiger charge is -2.33. The van der Waals surface area contributed by atoms with E-state index in [0.717, 1.165) is 31.5 Å².